The Labute approximate surface area is 202 Å². The highest BCUT2D eigenvalue weighted by atomic mass is 19.4. The fourth-order valence-electron chi connectivity index (χ4n) is 5.74. The van der Waals surface area contributed by atoms with Crippen LogP contribution in [0.2, 0.25) is 0 Å². The maximum absolute atomic E-state index is 13.5. The van der Waals surface area contributed by atoms with Crippen LogP contribution in [-0.4, -0.2) is 42.0 Å². The van der Waals surface area contributed by atoms with E-state index in [0.717, 1.165) is 30.8 Å². The number of nitrogens with zero attached hydrogens (tertiary/aromatic N) is 2. The van der Waals surface area contributed by atoms with Crippen molar-refractivity contribution in [2.45, 2.75) is 69.4 Å². The number of hydrogen-bond acceptors (Lipinski definition) is 2. The Morgan fingerprint density at radius 3 is 1.77 bits per heavy atom. The summed E-state index contributed by atoms with van der Waals surface area (Å²) in [6.45, 7) is 5.07. The minimum Gasteiger partial charge on any atom is -0.298 e. The largest absolute Gasteiger partial charge is 0.416 e. The topological polar surface area (TPSA) is 6.48 Å². The first kappa shape index (κ1) is 26.0. The third kappa shape index (κ3) is 6.02. The van der Waals surface area contributed by atoms with Gasteiger partial charge in [-0.05, 0) is 55.5 Å². The molecule has 2 aromatic rings. The second-order valence-electron chi connectivity index (χ2n) is 10.0. The van der Waals surface area contributed by atoms with Crippen LogP contribution in [0.1, 0.15) is 61.3 Å². The smallest absolute Gasteiger partial charge is 0.298 e. The van der Waals surface area contributed by atoms with Gasteiger partial charge in [0.1, 0.15) is 0 Å². The summed E-state index contributed by atoms with van der Waals surface area (Å²) in [4.78, 5) is 4.74. The van der Waals surface area contributed by atoms with Gasteiger partial charge in [-0.15, -0.1) is 0 Å². The van der Waals surface area contributed by atoms with E-state index in [1.54, 1.807) is 0 Å². The number of alkyl halides is 6. The van der Waals surface area contributed by atoms with Crippen molar-refractivity contribution in [3.63, 3.8) is 0 Å². The zero-order valence-corrected chi connectivity index (χ0v) is 19.9. The predicted molar refractivity (Wildman–Crippen MR) is 124 cm³/mol. The first-order chi connectivity index (χ1) is 16.5. The van der Waals surface area contributed by atoms with Crippen LogP contribution in [0.5, 0.6) is 0 Å². The number of hydrogen-bond donors (Lipinski definition) is 0. The molecule has 1 saturated carbocycles. The number of rotatable bonds is 5. The Bertz CT molecular complexity index is 941. The molecule has 0 bridgehead atoms. The van der Waals surface area contributed by atoms with Crippen LogP contribution in [0.15, 0.2) is 48.5 Å². The normalized spacial score (nSPS) is 21.1. The van der Waals surface area contributed by atoms with Crippen molar-refractivity contribution >= 4 is 0 Å². The van der Waals surface area contributed by atoms with Crippen LogP contribution in [-0.2, 0) is 24.3 Å². The highest BCUT2D eigenvalue weighted by Crippen LogP contribution is 2.39. The molecule has 0 N–H and O–H groups in total. The molecule has 1 saturated heterocycles. The first-order valence-electron chi connectivity index (χ1n) is 12.3. The van der Waals surface area contributed by atoms with Crippen LogP contribution < -0.4 is 0 Å². The molecule has 1 aliphatic heterocycles. The fraction of sp³-hybridized carbons (Fsp3) is 0.556. The molecule has 0 spiro atoms. The van der Waals surface area contributed by atoms with Gasteiger partial charge in [0.15, 0.2) is 0 Å². The molecule has 0 amide bonds. The zero-order valence-electron chi connectivity index (χ0n) is 19.9. The molecule has 192 valence electrons. The van der Waals surface area contributed by atoms with E-state index in [1.165, 1.54) is 32.1 Å². The number of benzene rings is 2. The van der Waals surface area contributed by atoms with E-state index >= 15 is 0 Å². The summed E-state index contributed by atoms with van der Waals surface area (Å²) < 4.78 is 80.9. The van der Waals surface area contributed by atoms with Gasteiger partial charge in [0, 0.05) is 37.8 Å². The Morgan fingerprint density at radius 2 is 1.26 bits per heavy atom. The molecule has 8 heteroatoms. The van der Waals surface area contributed by atoms with E-state index in [4.69, 9.17) is 0 Å². The Morgan fingerprint density at radius 1 is 0.714 bits per heavy atom. The summed E-state index contributed by atoms with van der Waals surface area (Å²) in [5.41, 5.74) is -2.35. The van der Waals surface area contributed by atoms with Crippen LogP contribution in [0.4, 0.5) is 26.3 Å². The van der Waals surface area contributed by atoms with Crippen molar-refractivity contribution in [3.05, 3.63) is 70.8 Å². The molecule has 1 unspecified atom stereocenters. The summed E-state index contributed by atoms with van der Waals surface area (Å²) in [5.74, 6) is 0. The van der Waals surface area contributed by atoms with Crippen molar-refractivity contribution in [1.82, 2.24) is 9.80 Å². The van der Waals surface area contributed by atoms with E-state index in [1.807, 2.05) is 37.3 Å². The first-order valence-corrected chi connectivity index (χ1v) is 12.3. The maximum atomic E-state index is 13.5. The monoisotopic (exact) mass is 498 g/mol. The molecular formula is C27H32F6N2. The quantitative estimate of drug-likeness (QED) is 0.405. The Kier molecular flexibility index (Phi) is 7.53. The molecule has 35 heavy (non-hydrogen) atoms. The average Bonchev–Trinajstić information content (AvgIpc) is 2.84. The van der Waals surface area contributed by atoms with Gasteiger partial charge in [-0.1, -0.05) is 49.6 Å². The third-order valence-electron chi connectivity index (χ3n) is 7.69. The molecule has 1 aliphatic carbocycles. The van der Waals surface area contributed by atoms with Crippen LogP contribution in [0.3, 0.4) is 0 Å². The Hall–Kier alpha value is -2.06. The molecule has 1 atom stereocenters. The van der Waals surface area contributed by atoms with E-state index in [-0.39, 0.29) is 18.1 Å². The summed E-state index contributed by atoms with van der Waals surface area (Å²) in [7, 11) is 0. The van der Waals surface area contributed by atoms with E-state index < -0.39 is 29.0 Å². The van der Waals surface area contributed by atoms with Crippen molar-refractivity contribution in [3.8, 4) is 0 Å². The summed E-state index contributed by atoms with van der Waals surface area (Å²) in [6.07, 6.45) is -3.52. The van der Waals surface area contributed by atoms with Gasteiger partial charge in [0.2, 0.25) is 0 Å². The fourth-order valence-corrected chi connectivity index (χ4v) is 5.74. The van der Waals surface area contributed by atoms with Crippen molar-refractivity contribution < 1.29 is 26.3 Å². The van der Waals surface area contributed by atoms with Crippen LogP contribution in [0.25, 0.3) is 0 Å². The van der Waals surface area contributed by atoms with Gasteiger partial charge in [-0.2, -0.15) is 26.3 Å². The van der Waals surface area contributed by atoms with Gasteiger partial charge in [-0.25, -0.2) is 0 Å². The van der Waals surface area contributed by atoms with Crippen molar-refractivity contribution in [2.75, 3.05) is 26.2 Å². The second kappa shape index (κ2) is 10.1. The molecule has 2 aromatic carbocycles. The van der Waals surface area contributed by atoms with Crippen molar-refractivity contribution in [1.29, 1.82) is 0 Å². The maximum Gasteiger partial charge on any atom is 0.416 e. The molecule has 0 radical (unpaired) electrons. The Balaban J connectivity index is 1.64. The summed E-state index contributed by atoms with van der Waals surface area (Å²) >= 11 is 0. The van der Waals surface area contributed by atoms with Crippen molar-refractivity contribution in [2.24, 2.45) is 0 Å². The lowest BCUT2D eigenvalue weighted by atomic mass is 9.82. The summed E-state index contributed by atoms with van der Waals surface area (Å²) in [5, 5.41) is 0. The highest BCUT2D eigenvalue weighted by molar-refractivity contribution is 5.36. The number of piperazine rings is 1. The molecule has 1 heterocycles. The van der Waals surface area contributed by atoms with Gasteiger partial charge in [-0.3, -0.25) is 9.80 Å². The zero-order chi connectivity index (χ0) is 25.3. The van der Waals surface area contributed by atoms with Crippen LogP contribution >= 0.6 is 0 Å². The SMILES string of the molecule is CC(Cc1cc(C(F)(F)F)cc(C(F)(F)F)c1)(c1ccccc1)N1CCN(C2CCCCC2)CC1. The lowest BCUT2D eigenvalue weighted by Gasteiger charge is -2.48. The number of halogens is 6. The minimum absolute atomic E-state index is 0.0354. The second-order valence-corrected chi connectivity index (χ2v) is 10.0. The average molecular weight is 499 g/mol. The van der Waals surface area contributed by atoms with E-state index in [9.17, 15) is 26.3 Å². The van der Waals surface area contributed by atoms with Crippen LogP contribution in [0, 0.1) is 0 Å². The minimum atomic E-state index is -4.86. The molecule has 2 fully saturated rings. The molecule has 0 aromatic heterocycles. The highest BCUT2D eigenvalue weighted by Gasteiger charge is 2.40. The molecular weight excluding hydrogens is 466 g/mol. The van der Waals surface area contributed by atoms with Gasteiger partial charge in [0.05, 0.1) is 11.1 Å². The van der Waals surface area contributed by atoms with Gasteiger partial charge in [0.25, 0.3) is 0 Å². The van der Waals surface area contributed by atoms with E-state index in [2.05, 4.69) is 9.80 Å². The molecule has 2 nitrogen and oxygen atoms in total. The summed E-state index contributed by atoms with van der Waals surface area (Å²) in [6, 6.07) is 11.9. The lowest BCUT2D eigenvalue weighted by molar-refractivity contribution is -0.143. The predicted octanol–water partition coefficient (Wildman–Crippen LogP) is 7.13. The molecule has 4 rings (SSSR count). The standard InChI is InChI=1S/C27H32F6N2/c1-25(21-8-4-2-5-9-21,35-14-12-34(13-15-35)24-10-6-3-7-11-24)19-20-16-22(26(28,29)30)18-23(17-20)27(31,32)33/h2,4-5,8-9,16-18,24H,3,6-7,10-15,19H2,1H3. The third-order valence-corrected chi connectivity index (χ3v) is 7.69. The molecule has 2 aliphatic rings. The van der Waals surface area contributed by atoms with E-state index in [0.29, 0.717) is 19.1 Å². The van der Waals surface area contributed by atoms with Gasteiger partial charge < -0.3 is 0 Å². The van der Waals surface area contributed by atoms with Gasteiger partial charge >= 0.3 is 12.4 Å². The lowest BCUT2D eigenvalue weighted by Crippen LogP contribution is -2.57.